The van der Waals surface area contributed by atoms with Gasteiger partial charge >= 0.3 is 0 Å². The van der Waals surface area contributed by atoms with Crippen LogP contribution in [-0.4, -0.2) is 26.4 Å². The number of nitrogens with one attached hydrogen (secondary N) is 1. The molecule has 0 saturated heterocycles. The highest BCUT2D eigenvalue weighted by Crippen LogP contribution is 2.29. The molecular formula is C19H16ClN5O2. The first-order valence-electron chi connectivity index (χ1n) is 8.35. The Morgan fingerprint density at radius 3 is 2.81 bits per heavy atom. The van der Waals surface area contributed by atoms with Gasteiger partial charge < -0.3 is 10.2 Å². The number of hydrogen-bond acceptors (Lipinski definition) is 5. The van der Waals surface area contributed by atoms with E-state index in [2.05, 4.69) is 20.6 Å². The summed E-state index contributed by atoms with van der Waals surface area (Å²) in [4.78, 5) is 22.0. The average molecular weight is 382 g/mol. The summed E-state index contributed by atoms with van der Waals surface area (Å²) in [5, 5.41) is 11.4. The third-order valence-corrected chi connectivity index (χ3v) is 4.49. The molecule has 1 aromatic heterocycles. The minimum atomic E-state index is -0.340. The Balaban J connectivity index is 1.50. The summed E-state index contributed by atoms with van der Waals surface area (Å²) in [5.41, 5.74) is 3.64. The summed E-state index contributed by atoms with van der Waals surface area (Å²) in [7, 11) is 0. The van der Waals surface area contributed by atoms with Crippen LogP contribution in [0.4, 0.5) is 5.69 Å². The fourth-order valence-electron chi connectivity index (χ4n) is 2.81. The van der Waals surface area contributed by atoms with Crippen molar-refractivity contribution in [2.45, 2.75) is 19.4 Å². The van der Waals surface area contributed by atoms with Gasteiger partial charge in [0.25, 0.3) is 5.91 Å². The molecule has 2 heterocycles. The lowest BCUT2D eigenvalue weighted by atomic mass is 10.0. The predicted octanol–water partition coefficient (Wildman–Crippen LogP) is 3.69. The van der Waals surface area contributed by atoms with E-state index in [9.17, 15) is 4.79 Å². The van der Waals surface area contributed by atoms with Crippen molar-refractivity contribution in [3.8, 4) is 5.69 Å². The molecule has 0 radical (unpaired) electrons. The molecule has 1 amide bonds. The molecule has 136 valence electrons. The molecular weight excluding hydrogens is 366 g/mol. The molecule has 0 aliphatic carbocycles. The van der Waals surface area contributed by atoms with E-state index in [0.29, 0.717) is 28.5 Å². The monoisotopic (exact) mass is 381 g/mol. The van der Waals surface area contributed by atoms with Crippen LogP contribution in [0.3, 0.4) is 0 Å². The van der Waals surface area contributed by atoms with Gasteiger partial charge in [0.1, 0.15) is 18.4 Å². The Morgan fingerprint density at radius 1 is 1.26 bits per heavy atom. The van der Waals surface area contributed by atoms with Crippen LogP contribution in [0, 0.1) is 6.92 Å². The molecule has 1 atom stereocenters. The van der Waals surface area contributed by atoms with Gasteiger partial charge in [-0.25, -0.2) is 9.67 Å². The molecule has 0 fully saturated rings. The summed E-state index contributed by atoms with van der Waals surface area (Å²) in [6.45, 7) is 2.02. The normalized spacial score (nSPS) is 15.9. The third-order valence-electron chi connectivity index (χ3n) is 4.25. The van der Waals surface area contributed by atoms with E-state index in [4.69, 9.17) is 16.4 Å². The van der Waals surface area contributed by atoms with E-state index in [1.165, 1.54) is 6.33 Å². The van der Waals surface area contributed by atoms with Gasteiger partial charge in [0, 0.05) is 11.4 Å². The number of carbonyl (C=O) groups is 1. The first kappa shape index (κ1) is 17.2. The van der Waals surface area contributed by atoms with Crippen LogP contribution in [0.5, 0.6) is 0 Å². The van der Waals surface area contributed by atoms with Crippen LogP contribution >= 0.6 is 11.6 Å². The lowest BCUT2D eigenvalue weighted by molar-refractivity contribution is -0.110. The second-order valence-corrected chi connectivity index (χ2v) is 6.64. The van der Waals surface area contributed by atoms with E-state index in [1.54, 1.807) is 29.2 Å². The van der Waals surface area contributed by atoms with Gasteiger partial charge in [-0.15, -0.1) is 0 Å². The Hall–Kier alpha value is -3.19. The lowest BCUT2D eigenvalue weighted by Gasteiger charge is -2.11. The highest BCUT2D eigenvalue weighted by atomic mass is 35.5. The quantitative estimate of drug-likeness (QED) is 0.747. The summed E-state index contributed by atoms with van der Waals surface area (Å²) >= 11 is 6.09. The molecule has 27 heavy (non-hydrogen) atoms. The minimum Gasteiger partial charge on any atom is -0.387 e. The average Bonchev–Trinajstić information content (AvgIpc) is 3.35. The maximum absolute atomic E-state index is 12.7. The molecule has 0 saturated carbocycles. The van der Waals surface area contributed by atoms with E-state index < -0.39 is 0 Å². The third kappa shape index (κ3) is 3.68. The van der Waals surface area contributed by atoms with Crippen LogP contribution in [-0.2, 0) is 9.63 Å². The molecule has 0 spiro atoms. The summed E-state index contributed by atoms with van der Waals surface area (Å²) in [6, 6.07) is 13.1. The van der Waals surface area contributed by atoms with Gasteiger partial charge in [0.15, 0.2) is 6.10 Å². The van der Waals surface area contributed by atoms with Gasteiger partial charge in [-0.3, -0.25) is 4.79 Å². The van der Waals surface area contributed by atoms with Gasteiger partial charge in [-0.05, 0) is 30.7 Å². The first-order valence-corrected chi connectivity index (χ1v) is 8.73. The number of halogens is 1. The number of nitrogens with zero attached hydrogens (tertiary/aromatic N) is 4. The second-order valence-electron chi connectivity index (χ2n) is 6.20. The zero-order valence-electron chi connectivity index (χ0n) is 14.5. The van der Waals surface area contributed by atoms with Gasteiger partial charge in [-0.2, -0.15) is 5.10 Å². The Morgan fingerprint density at radius 2 is 2.07 bits per heavy atom. The topological polar surface area (TPSA) is 81.4 Å². The molecule has 7 nitrogen and oxygen atoms in total. The maximum Gasteiger partial charge on any atom is 0.273 e. The van der Waals surface area contributed by atoms with Crippen molar-refractivity contribution in [3.05, 3.63) is 71.3 Å². The van der Waals surface area contributed by atoms with Gasteiger partial charge in [-0.1, -0.05) is 46.6 Å². The fraction of sp³-hybridized carbons (Fsp3) is 0.158. The predicted molar refractivity (Wildman–Crippen MR) is 102 cm³/mol. The first-order chi connectivity index (χ1) is 13.1. The maximum atomic E-state index is 12.7. The molecule has 8 heteroatoms. The number of hydrogen-bond donors (Lipinski definition) is 1. The zero-order valence-corrected chi connectivity index (χ0v) is 15.2. The van der Waals surface area contributed by atoms with Crippen molar-refractivity contribution in [3.63, 3.8) is 0 Å². The van der Waals surface area contributed by atoms with Crippen LogP contribution < -0.4 is 5.32 Å². The molecule has 0 bridgehead atoms. The Bertz CT molecular complexity index is 999. The van der Waals surface area contributed by atoms with E-state index in [1.807, 2.05) is 31.2 Å². The number of oxime groups is 1. The number of carbonyl (C=O) groups excluding carboxylic acids is 1. The van der Waals surface area contributed by atoms with Gasteiger partial charge in [0.2, 0.25) is 0 Å². The number of aromatic nitrogens is 3. The summed E-state index contributed by atoms with van der Waals surface area (Å²) < 4.78 is 1.55. The zero-order chi connectivity index (χ0) is 18.8. The van der Waals surface area contributed by atoms with Crippen molar-refractivity contribution >= 4 is 28.9 Å². The molecule has 3 aromatic rings. The molecule has 1 aliphatic heterocycles. The Labute approximate surface area is 160 Å². The van der Waals surface area contributed by atoms with Crippen LogP contribution in [0.15, 0.2) is 60.3 Å². The van der Waals surface area contributed by atoms with Crippen molar-refractivity contribution in [2.75, 3.05) is 5.32 Å². The number of benzene rings is 2. The smallest absolute Gasteiger partial charge is 0.273 e. The van der Waals surface area contributed by atoms with E-state index in [-0.39, 0.29) is 12.0 Å². The largest absolute Gasteiger partial charge is 0.387 e. The van der Waals surface area contributed by atoms with Crippen LogP contribution in [0.1, 0.15) is 23.7 Å². The molecule has 0 unspecified atom stereocenters. The molecule has 1 N–H and O–H groups in total. The summed E-state index contributed by atoms with van der Waals surface area (Å²) in [6.07, 6.45) is 3.10. The van der Waals surface area contributed by atoms with Crippen LogP contribution in [0.25, 0.3) is 5.69 Å². The van der Waals surface area contributed by atoms with E-state index >= 15 is 0 Å². The van der Waals surface area contributed by atoms with Crippen molar-refractivity contribution < 1.29 is 9.63 Å². The highest BCUT2D eigenvalue weighted by molar-refractivity contribution is 6.43. The summed E-state index contributed by atoms with van der Waals surface area (Å²) in [5.74, 6) is -0.340. The minimum absolute atomic E-state index is 0.263. The number of aryl methyl sites for hydroxylation is 1. The number of anilines is 1. The Kier molecular flexibility index (Phi) is 4.60. The van der Waals surface area contributed by atoms with Gasteiger partial charge in [0.05, 0.1) is 11.4 Å². The van der Waals surface area contributed by atoms with Crippen LogP contribution in [0.2, 0.25) is 5.02 Å². The lowest BCUT2D eigenvalue weighted by Crippen LogP contribution is -2.22. The number of rotatable bonds is 4. The van der Waals surface area contributed by atoms with Crippen molar-refractivity contribution in [1.29, 1.82) is 0 Å². The molecule has 1 aliphatic rings. The molecule has 2 aromatic carbocycles. The molecule has 4 rings (SSSR count). The highest BCUT2D eigenvalue weighted by Gasteiger charge is 2.28. The van der Waals surface area contributed by atoms with Crippen molar-refractivity contribution in [2.24, 2.45) is 5.16 Å². The van der Waals surface area contributed by atoms with Crippen molar-refractivity contribution in [1.82, 2.24) is 14.8 Å². The second kappa shape index (κ2) is 7.20. The van der Waals surface area contributed by atoms with E-state index in [0.717, 1.165) is 11.1 Å². The standard InChI is InChI=1S/C19H16ClN5O2/c1-12-2-4-13(5-3-12)18-9-16(24-27-18)19(26)23-15-8-14(20)6-7-17(15)25-11-21-10-22-25/h2-8,10-11,18H,9H2,1H3,(H,23,26)/t18-/m1/s1. The fourth-order valence-corrected chi connectivity index (χ4v) is 2.98. The number of amides is 1. The SMILES string of the molecule is Cc1ccc([C@H]2CC(C(=O)Nc3cc(Cl)ccc3-n3cncn3)=NO2)cc1.